The minimum Gasteiger partial charge on any atom is -0.506 e. The highest BCUT2D eigenvalue weighted by Gasteiger charge is 2.20. The van der Waals surface area contributed by atoms with Crippen molar-refractivity contribution in [1.82, 2.24) is 0 Å². The van der Waals surface area contributed by atoms with Crippen molar-refractivity contribution in [2.24, 2.45) is 0 Å². The molecule has 0 bridgehead atoms. The third-order valence-electron chi connectivity index (χ3n) is 2.76. The summed E-state index contributed by atoms with van der Waals surface area (Å²) in [7, 11) is 0. The lowest BCUT2D eigenvalue weighted by Crippen LogP contribution is -2.12. The Kier molecular flexibility index (Phi) is 4.94. The molecule has 4 nitrogen and oxygen atoms in total. The zero-order valence-electron chi connectivity index (χ0n) is 11.5. The number of hydrogen-bond acceptors (Lipinski definition) is 4. The second kappa shape index (κ2) is 6.09. The SMILES string of the molecule is CC(C)(C)c1cc(C=C(C#N)C(O)C#N)cc(Br)c1O. The Morgan fingerprint density at radius 1 is 1.35 bits per heavy atom. The smallest absolute Gasteiger partial charge is 0.175 e. The number of phenols is 1. The fraction of sp³-hybridized carbons (Fsp3) is 0.333. The van der Waals surface area contributed by atoms with E-state index in [0.29, 0.717) is 15.6 Å². The van der Waals surface area contributed by atoms with E-state index in [1.807, 2.05) is 20.8 Å². The lowest BCUT2D eigenvalue weighted by Gasteiger charge is -2.21. The first-order valence-corrected chi connectivity index (χ1v) is 6.72. The Morgan fingerprint density at radius 3 is 2.40 bits per heavy atom. The van der Waals surface area contributed by atoms with Crippen LogP contribution in [-0.4, -0.2) is 16.3 Å². The number of halogens is 1. The Morgan fingerprint density at radius 2 is 1.95 bits per heavy atom. The molecule has 0 saturated carbocycles. The summed E-state index contributed by atoms with van der Waals surface area (Å²) in [5, 5.41) is 37.1. The van der Waals surface area contributed by atoms with Crippen LogP contribution in [0.2, 0.25) is 0 Å². The minimum absolute atomic E-state index is 0.0371. The van der Waals surface area contributed by atoms with Crippen LogP contribution in [0.5, 0.6) is 5.75 Å². The normalized spacial score (nSPS) is 13.4. The van der Waals surface area contributed by atoms with Crippen molar-refractivity contribution in [3.63, 3.8) is 0 Å². The molecule has 0 aliphatic rings. The second-order valence-corrected chi connectivity index (χ2v) is 6.25. The zero-order valence-corrected chi connectivity index (χ0v) is 13.1. The van der Waals surface area contributed by atoms with Crippen LogP contribution in [0.4, 0.5) is 0 Å². The zero-order chi connectivity index (χ0) is 15.5. The van der Waals surface area contributed by atoms with E-state index >= 15 is 0 Å². The molecule has 104 valence electrons. The van der Waals surface area contributed by atoms with Gasteiger partial charge in [-0.3, -0.25) is 0 Å². The summed E-state index contributed by atoms with van der Waals surface area (Å²) in [5.74, 6) is 0.147. The van der Waals surface area contributed by atoms with Gasteiger partial charge in [0.15, 0.2) is 6.10 Å². The summed E-state index contributed by atoms with van der Waals surface area (Å²) in [6, 6.07) is 6.78. The molecule has 0 heterocycles. The molecule has 5 heteroatoms. The van der Waals surface area contributed by atoms with Gasteiger partial charge in [0.05, 0.1) is 22.2 Å². The summed E-state index contributed by atoms with van der Waals surface area (Å²) in [6.07, 6.45) is -0.0153. The number of rotatable bonds is 2. The van der Waals surface area contributed by atoms with Crippen molar-refractivity contribution in [2.45, 2.75) is 32.3 Å². The number of aliphatic hydroxyl groups is 1. The molecular formula is C15H15BrN2O2. The van der Waals surface area contributed by atoms with Gasteiger partial charge in [0, 0.05) is 5.56 Å². The molecule has 0 fully saturated rings. The van der Waals surface area contributed by atoms with Crippen LogP contribution in [0.25, 0.3) is 6.08 Å². The van der Waals surface area contributed by atoms with E-state index in [4.69, 9.17) is 10.5 Å². The summed E-state index contributed by atoms with van der Waals surface area (Å²) < 4.78 is 0.500. The molecule has 20 heavy (non-hydrogen) atoms. The number of benzene rings is 1. The van der Waals surface area contributed by atoms with E-state index in [-0.39, 0.29) is 16.7 Å². The second-order valence-electron chi connectivity index (χ2n) is 5.39. The third kappa shape index (κ3) is 3.60. The number of nitriles is 2. The van der Waals surface area contributed by atoms with E-state index in [0.717, 1.165) is 0 Å². The lowest BCUT2D eigenvalue weighted by molar-refractivity contribution is 0.271. The van der Waals surface area contributed by atoms with E-state index in [2.05, 4.69) is 15.9 Å². The van der Waals surface area contributed by atoms with Gasteiger partial charge < -0.3 is 10.2 Å². The summed E-state index contributed by atoms with van der Waals surface area (Å²) in [6.45, 7) is 5.87. The van der Waals surface area contributed by atoms with Crippen molar-refractivity contribution in [2.75, 3.05) is 0 Å². The van der Waals surface area contributed by atoms with Crippen LogP contribution >= 0.6 is 15.9 Å². The summed E-state index contributed by atoms with van der Waals surface area (Å²) in [5.41, 5.74) is 1.02. The van der Waals surface area contributed by atoms with Gasteiger partial charge in [0.25, 0.3) is 0 Å². The van der Waals surface area contributed by atoms with Gasteiger partial charge in [-0.2, -0.15) is 10.5 Å². The molecule has 2 N–H and O–H groups in total. The maximum Gasteiger partial charge on any atom is 0.175 e. The van der Waals surface area contributed by atoms with Crippen molar-refractivity contribution in [1.29, 1.82) is 10.5 Å². The first kappa shape index (κ1) is 16.2. The highest BCUT2D eigenvalue weighted by molar-refractivity contribution is 9.10. The fourth-order valence-corrected chi connectivity index (χ4v) is 2.17. The predicted molar refractivity (Wildman–Crippen MR) is 79.7 cm³/mol. The largest absolute Gasteiger partial charge is 0.506 e. The van der Waals surface area contributed by atoms with E-state index in [1.165, 1.54) is 6.08 Å². The maximum atomic E-state index is 10.1. The molecule has 1 atom stereocenters. The molecule has 0 aromatic heterocycles. The average molecular weight is 335 g/mol. The third-order valence-corrected chi connectivity index (χ3v) is 3.37. The standard InChI is InChI=1S/C15H15BrN2O2/c1-15(2,3)11-5-9(6-12(16)14(11)20)4-10(7-17)13(19)8-18/h4-6,13,19-20H,1-3H3. The maximum absolute atomic E-state index is 10.1. The Hall–Kier alpha value is -1.82. The molecule has 0 aliphatic carbocycles. The highest BCUT2D eigenvalue weighted by atomic mass is 79.9. The number of hydrogen-bond donors (Lipinski definition) is 2. The molecule has 0 radical (unpaired) electrons. The Balaban J connectivity index is 3.43. The highest BCUT2D eigenvalue weighted by Crippen LogP contribution is 2.37. The van der Waals surface area contributed by atoms with E-state index < -0.39 is 6.10 Å². The van der Waals surface area contributed by atoms with Gasteiger partial charge in [-0.25, -0.2) is 0 Å². The van der Waals surface area contributed by atoms with Gasteiger partial charge in [-0.1, -0.05) is 20.8 Å². The molecule has 0 amide bonds. The summed E-state index contributed by atoms with van der Waals surface area (Å²) in [4.78, 5) is 0. The van der Waals surface area contributed by atoms with Crippen molar-refractivity contribution < 1.29 is 10.2 Å². The fourth-order valence-electron chi connectivity index (χ4n) is 1.70. The average Bonchev–Trinajstić information content (AvgIpc) is 2.37. The summed E-state index contributed by atoms with van der Waals surface area (Å²) >= 11 is 3.27. The van der Waals surface area contributed by atoms with Gasteiger partial charge in [0.1, 0.15) is 5.75 Å². The molecule has 1 aromatic carbocycles. The Bertz CT molecular complexity index is 631. The van der Waals surface area contributed by atoms with Crippen LogP contribution < -0.4 is 0 Å². The lowest BCUT2D eigenvalue weighted by atomic mass is 9.85. The number of aromatic hydroxyl groups is 1. The van der Waals surface area contributed by atoms with E-state index in [1.54, 1.807) is 24.3 Å². The first-order chi connectivity index (χ1) is 9.20. The monoisotopic (exact) mass is 334 g/mol. The molecule has 1 unspecified atom stereocenters. The molecule has 0 spiro atoms. The molecular weight excluding hydrogens is 320 g/mol. The van der Waals surface area contributed by atoms with Crippen LogP contribution in [0, 0.1) is 22.7 Å². The van der Waals surface area contributed by atoms with Gasteiger partial charge in [-0.15, -0.1) is 0 Å². The molecule has 0 saturated heterocycles. The van der Waals surface area contributed by atoms with Crippen LogP contribution in [0.15, 0.2) is 22.2 Å². The van der Waals surface area contributed by atoms with E-state index in [9.17, 15) is 10.2 Å². The van der Waals surface area contributed by atoms with Crippen molar-refractivity contribution >= 4 is 22.0 Å². The van der Waals surface area contributed by atoms with Crippen LogP contribution in [0.3, 0.4) is 0 Å². The predicted octanol–water partition coefficient (Wildman–Crippen LogP) is 3.24. The van der Waals surface area contributed by atoms with Gasteiger partial charge in [0.2, 0.25) is 0 Å². The number of nitrogens with zero attached hydrogens (tertiary/aromatic N) is 2. The number of phenolic OH excluding ortho intramolecular Hbond substituents is 1. The van der Waals surface area contributed by atoms with Gasteiger partial charge in [-0.05, 0) is 45.1 Å². The van der Waals surface area contributed by atoms with Crippen molar-refractivity contribution in [3.8, 4) is 17.9 Å². The van der Waals surface area contributed by atoms with Crippen LogP contribution in [-0.2, 0) is 5.41 Å². The van der Waals surface area contributed by atoms with Crippen molar-refractivity contribution in [3.05, 3.63) is 33.3 Å². The van der Waals surface area contributed by atoms with Gasteiger partial charge >= 0.3 is 0 Å². The molecule has 1 rings (SSSR count). The van der Waals surface area contributed by atoms with Crippen LogP contribution in [0.1, 0.15) is 31.9 Å². The quantitative estimate of drug-likeness (QED) is 0.641. The first-order valence-electron chi connectivity index (χ1n) is 5.93. The minimum atomic E-state index is -1.45. The molecule has 0 aliphatic heterocycles. The molecule has 1 aromatic rings. The Labute approximate surface area is 126 Å². The topological polar surface area (TPSA) is 88.0 Å². The number of aliphatic hydroxyl groups excluding tert-OH is 1.